The molecular weight excluding hydrogens is 306 g/mol. The number of hydrogen-bond donors (Lipinski definition) is 2. The Kier molecular flexibility index (Phi) is 4.33. The van der Waals surface area contributed by atoms with Crippen LogP contribution in [-0.4, -0.2) is 20.7 Å². The summed E-state index contributed by atoms with van der Waals surface area (Å²) in [5, 5.41) is 9.51. The van der Waals surface area contributed by atoms with Gasteiger partial charge in [-0.2, -0.15) is 0 Å². The molecule has 0 bridgehead atoms. The largest absolute Gasteiger partial charge is 0.361 e. The molecule has 7 nitrogen and oxygen atoms in total. The topological polar surface area (TPSA) is 85.0 Å². The molecule has 0 radical (unpaired) electrons. The Balaban J connectivity index is 1.66. The van der Waals surface area contributed by atoms with Gasteiger partial charge in [-0.1, -0.05) is 17.3 Å². The van der Waals surface area contributed by atoms with E-state index in [1.54, 1.807) is 6.20 Å². The van der Waals surface area contributed by atoms with Crippen LogP contribution in [0, 0.1) is 13.8 Å². The Bertz CT molecular complexity index is 846. The Morgan fingerprint density at radius 2 is 2.17 bits per heavy atom. The van der Waals surface area contributed by atoms with Gasteiger partial charge in [0.15, 0.2) is 0 Å². The smallest absolute Gasteiger partial charge is 0.319 e. The first-order chi connectivity index (χ1) is 11.5. The van der Waals surface area contributed by atoms with Crippen molar-refractivity contribution in [3.8, 4) is 11.4 Å². The first kappa shape index (κ1) is 15.8. The number of rotatable bonds is 4. The Labute approximate surface area is 139 Å². The Morgan fingerprint density at radius 1 is 1.33 bits per heavy atom. The number of urea groups is 1. The van der Waals surface area contributed by atoms with Gasteiger partial charge >= 0.3 is 6.03 Å². The van der Waals surface area contributed by atoms with Crippen molar-refractivity contribution in [3.05, 3.63) is 53.7 Å². The summed E-state index contributed by atoms with van der Waals surface area (Å²) in [6.45, 7) is 4.04. The van der Waals surface area contributed by atoms with Crippen molar-refractivity contribution >= 4 is 11.7 Å². The fourth-order valence-electron chi connectivity index (χ4n) is 2.48. The summed E-state index contributed by atoms with van der Waals surface area (Å²) < 4.78 is 7.01. The predicted octanol–water partition coefficient (Wildman–Crippen LogP) is 3.01. The van der Waals surface area contributed by atoms with Crippen molar-refractivity contribution < 1.29 is 9.32 Å². The summed E-state index contributed by atoms with van der Waals surface area (Å²) in [4.78, 5) is 16.4. The molecule has 2 aromatic heterocycles. The molecule has 0 aliphatic heterocycles. The average Bonchev–Trinajstić information content (AvgIpc) is 3.12. The van der Waals surface area contributed by atoms with Crippen LogP contribution in [0.5, 0.6) is 0 Å². The number of amides is 2. The predicted molar refractivity (Wildman–Crippen MR) is 90.5 cm³/mol. The van der Waals surface area contributed by atoms with Gasteiger partial charge in [0.25, 0.3) is 0 Å². The molecule has 0 atom stereocenters. The van der Waals surface area contributed by atoms with Gasteiger partial charge in [-0.3, -0.25) is 0 Å². The van der Waals surface area contributed by atoms with Crippen LogP contribution in [0.15, 0.2) is 41.2 Å². The monoisotopic (exact) mass is 325 g/mol. The molecule has 0 saturated heterocycles. The normalized spacial score (nSPS) is 10.6. The van der Waals surface area contributed by atoms with E-state index in [2.05, 4.69) is 20.8 Å². The number of benzene rings is 1. The number of nitrogens with one attached hydrogen (secondary N) is 2. The van der Waals surface area contributed by atoms with Crippen LogP contribution in [0.4, 0.5) is 10.5 Å². The quantitative estimate of drug-likeness (QED) is 0.772. The van der Waals surface area contributed by atoms with Gasteiger partial charge in [-0.15, -0.1) is 0 Å². The van der Waals surface area contributed by atoms with E-state index in [9.17, 15) is 4.79 Å². The molecule has 24 heavy (non-hydrogen) atoms. The van der Waals surface area contributed by atoms with Crippen molar-refractivity contribution in [3.63, 3.8) is 0 Å². The minimum atomic E-state index is -0.285. The lowest BCUT2D eigenvalue weighted by Crippen LogP contribution is -2.28. The summed E-state index contributed by atoms with van der Waals surface area (Å²) in [6, 6.07) is 7.27. The minimum absolute atomic E-state index is 0.285. The summed E-state index contributed by atoms with van der Waals surface area (Å²) in [7, 11) is 1.93. The average molecular weight is 325 g/mol. The maximum atomic E-state index is 12.1. The van der Waals surface area contributed by atoms with E-state index in [4.69, 9.17) is 4.52 Å². The van der Waals surface area contributed by atoms with Crippen molar-refractivity contribution in [1.82, 2.24) is 20.0 Å². The van der Waals surface area contributed by atoms with Gasteiger partial charge in [-0.25, -0.2) is 9.78 Å². The van der Waals surface area contributed by atoms with Crippen LogP contribution < -0.4 is 10.6 Å². The SMILES string of the molecule is Cc1noc(C)c1CNC(=O)Nc1cccc(-c2nccn2C)c1. The molecule has 124 valence electrons. The third-order valence-electron chi connectivity index (χ3n) is 3.81. The fourth-order valence-corrected chi connectivity index (χ4v) is 2.48. The molecule has 1 aromatic carbocycles. The lowest BCUT2D eigenvalue weighted by Gasteiger charge is -2.09. The molecule has 0 spiro atoms. The van der Waals surface area contributed by atoms with E-state index in [1.807, 2.05) is 55.9 Å². The fraction of sp³-hybridized carbons (Fsp3) is 0.235. The second kappa shape index (κ2) is 6.57. The van der Waals surface area contributed by atoms with Gasteiger partial charge in [-0.05, 0) is 26.0 Å². The molecular formula is C17H19N5O2. The zero-order valence-electron chi connectivity index (χ0n) is 13.8. The summed E-state index contributed by atoms with van der Waals surface area (Å²) in [5.41, 5.74) is 3.31. The van der Waals surface area contributed by atoms with Crippen molar-refractivity contribution in [2.24, 2.45) is 7.05 Å². The molecule has 0 fully saturated rings. The lowest BCUT2D eigenvalue weighted by molar-refractivity contribution is 0.251. The van der Waals surface area contributed by atoms with Crippen molar-refractivity contribution in [2.45, 2.75) is 20.4 Å². The van der Waals surface area contributed by atoms with E-state index in [0.717, 1.165) is 22.6 Å². The van der Waals surface area contributed by atoms with E-state index in [1.165, 1.54) is 0 Å². The number of carbonyl (C=O) groups is 1. The molecule has 0 unspecified atom stereocenters. The zero-order chi connectivity index (χ0) is 17.1. The maximum Gasteiger partial charge on any atom is 0.319 e. The first-order valence-corrected chi connectivity index (χ1v) is 7.59. The van der Waals surface area contributed by atoms with Crippen LogP contribution in [0.25, 0.3) is 11.4 Å². The van der Waals surface area contributed by atoms with Crippen molar-refractivity contribution in [1.29, 1.82) is 0 Å². The number of anilines is 1. The first-order valence-electron chi connectivity index (χ1n) is 7.59. The van der Waals surface area contributed by atoms with E-state index < -0.39 is 0 Å². The highest BCUT2D eigenvalue weighted by atomic mass is 16.5. The number of nitrogens with zero attached hydrogens (tertiary/aromatic N) is 3. The molecule has 0 aliphatic carbocycles. The second-order valence-electron chi connectivity index (χ2n) is 5.55. The van der Waals surface area contributed by atoms with E-state index in [0.29, 0.717) is 18.0 Å². The maximum absolute atomic E-state index is 12.1. The second-order valence-corrected chi connectivity index (χ2v) is 5.55. The molecule has 2 heterocycles. The Hall–Kier alpha value is -3.09. The lowest BCUT2D eigenvalue weighted by atomic mass is 10.2. The number of imidazole rings is 1. The number of hydrogen-bond acceptors (Lipinski definition) is 4. The molecule has 2 amide bonds. The van der Waals surface area contributed by atoms with Crippen LogP contribution in [0.1, 0.15) is 17.0 Å². The van der Waals surface area contributed by atoms with Gasteiger partial charge < -0.3 is 19.7 Å². The van der Waals surface area contributed by atoms with Gasteiger partial charge in [0.05, 0.1) is 5.69 Å². The summed E-state index contributed by atoms with van der Waals surface area (Å²) >= 11 is 0. The van der Waals surface area contributed by atoms with Crippen LogP contribution >= 0.6 is 0 Å². The van der Waals surface area contributed by atoms with Gasteiger partial charge in [0.2, 0.25) is 0 Å². The highest BCUT2D eigenvalue weighted by Crippen LogP contribution is 2.20. The van der Waals surface area contributed by atoms with Gasteiger partial charge in [0, 0.05) is 42.8 Å². The van der Waals surface area contributed by atoms with Crippen LogP contribution in [-0.2, 0) is 13.6 Å². The van der Waals surface area contributed by atoms with Crippen LogP contribution in [0.3, 0.4) is 0 Å². The zero-order valence-corrected chi connectivity index (χ0v) is 13.8. The minimum Gasteiger partial charge on any atom is -0.361 e. The number of aromatic nitrogens is 3. The molecule has 2 N–H and O–H groups in total. The van der Waals surface area contributed by atoms with E-state index in [-0.39, 0.29) is 6.03 Å². The van der Waals surface area contributed by atoms with Crippen molar-refractivity contribution in [2.75, 3.05) is 5.32 Å². The molecule has 0 saturated carbocycles. The van der Waals surface area contributed by atoms with Crippen LogP contribution in [0.2, 0.25) is 0 Å². The van der Waals surface area contributed by atoms with E-state index >= 15 is 0 Å². The molecule has 3 aromatic rings. The number of aryl methyl sites for hydroxylation is 3. The third kappa shape index (κ3) is 3.29. The van der Waals surface area contributed by atoms with Gasteiger partial charge in [0.1, 0.15) is 11.6 Å². The summed E-state index contributed by atoms with van der Waals surface area (Å²) in [6.07, 6.45) is 3.62. The third-order valence-corrected chi connectivity index (χ3v) is 3.81. The standard InChI is InChI=1S/C17H19N5O2/c1-11-15(12(2)24-21-11)10-19-17(23)20-14-6-4-5-13(9-14)16-18-7-8-22(16)3/h4-9H,10H2,1-3H3,(H2,19,20,23). The Morgan fingerprint density at radius 3 is 2.83 bits per heavy atom. The molecule has 0 aliphatic rings. The highest BCUT2D eigenvalue weighted by Gasteiger charge is 2.11. The number of carbonyl (C=O) groups excluding carboxylic acids is 1. The molecule has 3 rings (SSSR count). The highest BCUT2D eigenvalue weighted by molar-refractivity contribution is 5.89. The summed E-state index contributed by atoms with van der Waals surface area (Å²) in [5.74, 6) is 1.55. The molecule has 7 heteroatoms.